The second kappa shape index (κ2) is 16.0. The Labute approximate surface area is 251 Å². The molecule has 2 atom stereocenters. The Kier molecular flexibility index (Phi) is 12.1. The number of hydrogen-bond acceptors (Lipinski definition) is 7. The van der Waals surface area contributed by atoms with Gasteiger partial charge in [0.2, 0.25) is 0 Å². The quantitative estimate of drug-likeness (QED) is 0.202. The molecule has 1 aromatic heterocycles. The molecule has 1 aliphatic carbocycles. The van der Waals surface area contributed by atoms with E-state index in [1.54, 1.807) is 24.0 Å². The minimum Gasteiger partial charge on any atom is -0.446 e. The summed E-state index contributed by atoms with van der Waals surface area (Å²) in [6.45, 7) is 2.36. The minimum absolute atomic E-state index is 0.192. The van der Waals surface area contributed by atoms with Crippen LogP contribution >= 0.6 is 23.6 Å². The monoisotopic (exact) mass is 598 g/mol. The fraction of sp³-hybridized carbons (Fsp3) is 0.469. The zero-order valence-corrected chi connectivity index (χ0v) is 25.3. The van der Waals surface area contributed by atoms with E-state index in [1.165, 1.54) is 38.5 Å². The number of benzene rings is 2. The molecule has 1 aliphatic rings. The van der Waals surface area contributed by atoms with Gasteiger partial charge in [0.1, 0.15) is 24.0 Å². The lowest BCUT2D eigenvalue weighted by Crippen LogP contribution is -2.41. The normalized spacial score (nSPS) is 15.3. The first-order valence-electron chi connectivity index (χ1n) is 14.3. The summed E-state index contributed by atoms with van der Waals surface area (Å²) in [5, 5.41) is 2.82. The van der Waals surface area contributed by atoms with Crippen LogP contribution in [0.5, 0.6) is 0 Å². The summed E-state index contributed by atoms with van der Waals surface area (Å²) in [4.78, 5) is 29.8. The van der Waals surface area contributed by atoms with Crippen LogP contribution in [-0.4, -0.2) is 34.9 Å². The molecule has 1 heterocycles. The smallest absolute Gasteiger partial charge is 0.346 e. The minimum atomic E-state index is -0.841. The molecule has 7 nitrogen and oxygen atoms in total. The molecule has 2 unspecified atom stereocenters. The van der Waals surface area contributed by atoms with Crippen molar-refractivity contribution < 1.29 is 23.0 Å². The van der Waals surface area contributed by atoms with Gasteiger partial charge in [0.15, 0.2) is 12.2 Å². The van der Waals surface area contributed by atoms with Gasteiger partial charge in [-0.1, -0.05) is 62.4 Å². The maximum absolute atomic E-state index is 13.5. The standard InChI is InChI=1S/C32H39ClN2O5S/c1-22-8-6-7-11-25(22)27-18-24(12-14-26(27)31(36)35-28(16-17-41-2)32(37)40-33)20-38-29(30-19-34-21-39-30)15-13-23-9-4-3-5-10-23/h6-8,11-12,14,18-19,21,23,28-29H,3-5,9-10,13,15-17,20H2,1-2H3,(H,35,36). The first-order chi connectivity index (χ1) is 20.0. The Morgan fingerprint density at radius 2 is 1.93 bits per heavy atom. The number of amides is 1. The van der Waals surface area contributed by atoms with E-state index in [2.05, 4.69) is 14.6 Å². The van der Waals surface area contributed by atoms with Gasteiger partial charge in [-0.25, -0.2) is 9.78 Å². The van der Waals surface area contributed by atoms with Crippen molar-refractivity contribution in [3.05, 3.63) is 77.5 Å². The van der Waals surface area contributed by atoms with Gasteiger partial charge in [-0.2, -0.15) is 11.8 Å². The van der Waals surface area contributed by atoms with E-state index in [4.69, 9.17) is 21.0 Å². The van der Waals surface area contributed by atoms with Gasteiger partial charge < -0.3 is 18.8 Å². The molecule has 0 radical (unpaired) electrons. The Morgan fingerprint density at radius 3 is 2.63 bits per heavy atom. The highest BCUT2D eigenvalue weighted by Crippen LogP contribution is 2.33. The van der Waals surface area contributed by atoms with Crippen molar-refractivity contribution in [2.75, 3.05) is 12.0 Å². The van der Waals surface area contributed by atoms with E-state index in [-0.39, 0.29) is 12.0 Å². The molecule has 0 bridgehead atoms. The second-order valence-corrected chi connectivity index (χ2v) is 11.8. The van der Waals surface area contributed by atoms with Gasteiger partial charge in [0.05, 0.1) is 12.8 Å². The van der Waals surface area contributed by atoms with E-state index in [0.717, 1.165) is 46.8 Å². The number of hydrogen-bond donors (Lipinski definition) is 1. The fourth-order valence-corrected chi connectivity index (χ4v) is 6.08. The lowest BCUT2D eigenvalue weighted by atomic mass is 9.85. The molecule has 0 spiro atoms. The predicted molar refractivity (Wildman–Crippen MR) is 163 cm³/mol. The number of nitrogens with one attached hydrogen (secondary N) is 1. The molecule has 1 N–H and O–H groups in total. The average Bonchev–Trinajstić information content (AvgIpc) is 3.54. The number of nitrogens with zero attached hydrogens (tertiary/aromatic N) is 1. The van der Waals surface area contributed by atoms with Crippen molar-refractivity contribution in [1.82, 2.24) is 10.3 Å². The molecule has 9 heteroatoms. The number of carbonyl (C=O) groups is 2. The molecule has 1 fully saturated rings. The molecular weight excluding hydrogens is 560 g/mol. The van der Waals surface area contributed by atoms with Gasteiger partial charge in [-0.15, -0.1) is 0 Å². The fourth-order valence-electron chi connectivity index (χ4n) is 5.50. The Balaban J connectivity index is 1.55. The van der Waals surface area contributed by atoms with Crippen molar-refractivity contribution in [3.63, 3.8) is 0 Å². The molecule has 1 amide bonds. The van der Waals surface area contributed by atoms with E-state index in [9.17, 15) is 9.59 Å². The topological polar surface area (TPSA) is 90.7 Å². The van der Waals surface area contributed by atoms with Crippen molar-refractivity contribution in [3.8, 4) is 11.1 Å². The van der Waals surface area contributed by atoms with E-state index >= 15 is 0 Å². The maximum Gasteiger partial charge on any atom is 0.346 e. The molecule has 3 aromatic rings. The molecule has 0 aliphatic heterocycles. The van der Waals surface area contributed by atoms with Crippen LogP contribution in [0.25, 0.3) is 11.1 Å². The molecular formula is C32H39ClN2O5S. The van der Waals surface area contributed by atoms with Crippen LogP contribution in [0, 0.1) is 12.8 Å². The van der Waals surface area contributed by atoms with E-state index in [1.807, 2.05) is 49.6 Å². The van der Waals surface area contributed by atoms with Gasteiger partial charge in [-0.3, -0.25) is 4.79 Å². The third-order valence-corrected chi connectivity index (χ3v) is 8.62. The van der Waals surface area contributed by atoms with Gasteiger partial charge in [-0.05, 0) is 78.5 Å². The van der Waals surface area contributed by atoms with E-state index < -0.39 is 12.0 Å². The van der Waals surface area contributed by atoms with Crippen LogP contribution in [0.15, 0.2) is 59.5 Å². The number of carbonyl (C=O) groups excluding carboxylic acids is 2. The van der Waals surface area contributed by atoms with Crippen LogP contribution in [0.2, 0.25) is 0 Å². The summed E-state index contributed by atoms with van der Waals surface area (Å²) in [7, 11) is 0. The molecule has 1 saturated carbocycles. The first-order valence-corrected chi connectivity index (χ1v) is 16.0. The first kappa shape index (κ1) is 31.1. The summed E-state index contributed by atoms with van der Waals surface area (Å²) in [6.07, 6.45) is 13.8. The largest absolute Gasteiger partial charge is 0.446 e. The molecule has 0 saturated heterocycles. The van der Waals surface area contributed by atoms with Crippen molar-refractivity contribution in [1.29, 1.82) is 0 Å². The van der Waals surface area contributed by atoms with Gasteiger partial charge >= 0.3 is 5.97 Å². The lowest BCUT2D eigenvalue weighted by molar-refractivity contribution is -0.136. The predicted octanol–water partition coefficient (Wildman–Crippen LogP) is 7.82. The highest BCUT2D eigenvalue weighted by Gasteiger charge is 2.25. The van der Waals surface area contributed by atoms with Crippen LogP contribution < -0.4 is 5.32 Å². The molecule has 41 heavy (non-hydrogen) atoms. The SMILES string of the molecule is CSCCC(NC(=O)c1ccc(COC(CCC2CCCCC2)c2cnco2)cc1-c1ccccc1C)C(=O)OCl. The Hall–Kier alpha value is -2.81. The number of rotatable bonds is 14. The van der Waals surface area contributed by atoms with Crippen molar-refractivity contribution in [2.24, 2.45) is 5.92 Å². The summed E-state index contributed by atoms with van der Waals surface area (Å²) in [5.74, 6) is 1.10. The number of oxazole rings is 1. The van der Waals surface area contributed by atoms with Crippen molar-refractivity contribution >= 4 is 35.5 Å². The maximum atomic E-state index is 13.5. The highest BCUT2D eigenvalue weighted by atomic mass is 35.5. The molecule has 4 rings (SSSR count). The third-order valence-electron chi connectivity index (χ3n) is 7.82. The Morgan fingerprint density at radius 1 is 1.12 bits per heavy atom. The summed E-state index contributed by atoms with van der Waals surface area (Å²) in [6, 6.07) is 12.8. The third kappa shape index (κ3) is 8.84. The number of ether oxygens (including phenoxy) is 1. The number of halogens is 1. The van der Waals surface area contributed by atoms with Crippen LogP contribution in [0.3, 0.4) is 0 Å². The average molecular weight is 599 g/mol. The summed E-state index contributed by atoms with van der Waals surface area (Å²) in [5.41, 5.74) is 4.13. The Bertz CT molecular complexity index is 1260. The van der Waals surface area contributed by atoms with Gasteiger partial charge in [0.25, 0.3) is 5.91 Å². The van der Waals surface area contributed by atoms with Gasteiger partial charge in [0, 0.05) is 5.56 Å². The van der Waals surface area contributed by atoms with E-state index in [0.29, 0.717) is 24.3 Å². The van der Waals surface area contributed by atoms with Crippen molar-refractivity contribution in [2.45, 2.75) is 77.0 Å². The summed E-state index contributed by atoms with van der Waals surface area (Å²) < 4.78 is 16.5. The lowest BCUT2D eigenvalue weighted by Gasteiger charge is -2.24. The summed E-state index contributed by atoms with van der Waals surface area (Å²) >= 11 is 6.93. The zero-order valence-electron chi connectivity index (χ0n) is 23.8. The number of thioether (sulfide) groups is 1. The second-order valence-electron chi connectivity index (χ2n) is 10.7. The highest BCUT2D eigenvalue weighted by molar-refractivity contribution is 7.98. The molecule has 2 aromatic carbocycles. The van der Waals surface area contributed by atoms with Crippen LogP contribution in [0.1, 0.15) is 84.7 Å². The zero-order chi connectivity index (χ0) is 29.0. The molecule has 220 valence electrons. The number of aryl methyl sites for hydroxylation is 1. The van der Waals surface area contributed by atoms with Crippen LogP contribution in [0.4, 0.5) is 0 Å². The number of aromatic nitrogens is 1. The van der Waals surface area contributed by atoms with Crippen LogP contribution in [-0.2, 0) is 20.4 Å².